The molecule has 3 nitrogen and oxygen atoms in total. The highest BCUT2D eigenvalue weighted by Crippen LogP contribution is 2.31. The van der Waals surface area contributed by atoms with E-state index in [4.69, 9.17) is 11.6 Å². The average molecular weight is 368 g/mol. The lowest BCUT2D eigenvalue weighted by Crippen LogP contribution is -2.21. The van der Waals surface area contributed by atoms with Crippen LogP contribution in [0.25, 0.3) is 27.8 Å². The Bertz CT molecular complexity index is 1100. The van der Waals surface area contributed by atoms with Crippen LogP contribution in [0.4, 0.5) is 4.39 Å². The molecule has 0 saturated carbocycles. The van der Waals surface area contributed by atoms with Gasteiger partial charge in [0.1, 0.15) is 5.82 Å². The lowest BCUT2D eigenvalue weighted by Gasteiger charge is -2.09. The summed E-state index contributed by atoms with van der Waals surface area (Å²) in [5.74, 6) is -0.241. The van der Waals surface area contributed by atoms with Crippen molar-refractivity contribution in [2.45, 2.75) is 26.4 Å². The van der Waals surface area contributed by atoms with E-state index < -0.39 is 0 Å². The predicted molar refractivity (Wildman–Crippen MR) is 105 cm³/mol. The van der Waals surface area contributed by atoms with Crippen LogP contribution in [-0.2, 0) is 6.54 Å². The van der Waals surface area contributed by atoms with Gasteiger partial charge in [-0.2, -0.15) is 0 Å². The third-order valence-corrected chi connectivity index (χ3v) is 4.71. The molecule has 0 saturated heterocycles. The van der Waals surface area contributed by atoms with Crippen LogP contribution < -0.4 is 5.32 Å². The summed E-state index contributed by atoms with van der Waals surface area (Å²) in [6.45, 7) is 4.90. The molecule has 0 unspecified atom stereocenters. The first-order valence-electron chi connectivity index (χ1n) is 8.61. The number of halogens is 2. The van der Waals surface area contributed by atoms with Crippen LogP contribution in [0.15, 0.2) is 54.7 Å². The van der Waals surface area contributed by atoms with E-state index in [-0.39, 0.29) is 5.82 Å². The Morgan fingerprint density at radius 1 is 1.12 bits per heavy atom. The van der Waals surface area contributed by atoms with Crippen molar-refractivity contribution in [2.75, 3.05) is 0 Å². The van der Waals surface area contributed by atoms with Gasteiger partial charge in [0, 0.05) is 23.2 Å². The van der Waals surface area contributed by atoms with E-state index in [9.17, 15) is 4.39 Å². The van der Waals surface area contributed by atoms with E-state index >= 15 is 0 Å². The van der Waals surface area contributed by atoms with E-state index in [1.807, 2.05) is 36.5 Å². The number of nitrogens with zero attached hydrogens (tertiary/aromatic N) is 2. The van der Waals surface area contributed by atoms with E-state index in [0.717, 1.165) is 27.8 Å². The van der Waals surface area contributed by atoms with Gasteiger partial charge in [-0.1, -0.05) is 37.6 Å². The van der Waals surface area contributed by atoms with Crippen molar-refractivity contribution in [3.63, 3.8) is 0 Å². The number of nitrogens with one attached hydrogen (secondary N) is 1. The number of hydrogen-bond acceptors (Lipinski definition) is 2. The van der Waals surface area contributed by atoms with Crippen LogP contribution >= 0.6 is 11.6 Å². The Labute approximate surface area is 156 Å². The Morgan fingerprint density at radius 3 is 2.69 bits per heavy atom. The molecule has 4 aromatic rings. The summed E-state index contributed by atoms with van der Waals surface area (Å²) >= 11 is 6.12. The summed E-state index contributed by atoms with van der Waals surface area (Å²) in [5.41, 5.74) is 5.11. The lowest BCUT2D eigenvalue weighted by molar-refractivity contribution is 0.591. The van der Waals surface area contributed by atoms with Gasteiger partial charge in [0.05, 0.1) is 28.4 Å². The summed E-state index contributed by atoms with van der Waals surface area (Å²) < 4.78 is 16.6. The molecule has 0 aliphatic rings. The number of fused-ring (bicyclic) bond motifs is 3. The number of aromatic nitrogens is 2. The average Bonchev–Trinajstić information content (AvgIpc) is 2.99. The molecule has 0 amide bonds. The SMILES string of the molecule is CC(C)NCc1cc(-c2ccccc2F)n2c1cnc1cc(Cl)ccc12. The highest BCUT2D eigenvalue weighted by molar-refractivity contribution is 6.31. The molecule has 2 heterocycles. The molecule has 2 aromatic heterocycles. The summed E-state index contributed by atoms with van der Waals surface area (Å²) in [5, 5.41) is 4.06. The molecule has 4 rings (SSSR count). The zero-order valence-electron chi connectivity index (χ0n) is 14.6. The van der Waals surface area contributed by atoms with Crippen LogP contribution in [0.2, 0.25) is 5.02 Å². The third kappa shape index (κ3) is 2.96. The van der Waals surface area contributed by atoms with Gasteiger partial charge in [-0.05, 0) is 42.0 Å². The molecule has 0 bridgehead atoms. The maximum atomic E-state index is 14.5. The zero-order chi connectivity index (χ0) is 18.3. The Hall–Kier alpha value is -2.43. The minimum absolute atomic E-state index is 0.241. The molecule has 0 fully saturated rings. The van der Waals surface area contributed by atoms with E-state index in [1.165, 1.54) is 6.07 Å². The standard InChI is InChI=1S/C21H19ClFN3/c1-13(2)24-11-14-9-20(16-5-3-4-6-17(16)23)26-19-8-7-15(22)10-18(19)25-12-21(14)26/h3-10,12-13,24H,11H2,1-2H3. The maximum Gasteiger partial charge on any atom is 0.132 e. The second-order valence-electron chi connectivity index (χ2n) is 6.68. The van der Waals surface area contributed by atoms with Crippen LogP contribution in [0.3, 0.4) is 0 Å². The molecule has 0 aliphatic heterocycles. The van der Waals surface area contributed by atoms with Crippen LogP contribution in [0.1, 0.15) is 19.4 Å². The smallest absolute Gasteiger partial charge is 0.132 e. The van der Waals surface area contributed by atoms with Gasteiger partial charge in [-0.25, -0.2) is 4.39 Å². The zero-order valence-corrected chi connectivity index (χ0v) is 15.4. The highest BCUT2D eigenvalue weighted by atomic mass is 35.5. The van der Waals surface area contributed by atoms with Gasteiger partial charge >= 0.3 is 0 Å². The fourth-order valence-corrected chi connectivity index (χ4v) is 3.39. The van der Waals surface area contributed by atoms with Crippen molar-refractivity contribution in [1.29, 1.82) is 0 Å². The first-order chi connectivity index (χ1) is 12.5. The van der Waals surface area contributed by atoms with E-state index in [1.54, 1.807) is 12.1 Å². The number of rotatable bonds is 4. The molecule has 0 spiro atoms. The second-order valence-corrected chi connectivity index (χ2v) is 7.12. The third-order valence-electron chi connectivity index (χ3n) is 4.48. The lowest BCUT2D eigenvalue weighted by atomic mass is 10.1. The topological polar surface area (TPSA) is 29.3 Å². The monoisotopic (exact) mass is 367 g/mol. The normalized spacial score (nSPS) is 11.7. The molecule has 26 heavy (non-hydrogen) atoms. The number of benzene rings is 2. The van der Waals surface area contributed by atoms with Gasteiger partial charge in [-0.3, -0.25) is 4.98 Å². The molecule has 5 heteroatoms. The summed E-state index contributed by atoms with van der Waals surface area (Å²) in [7, 11) is 0. The molecular formula is C21H19ClFN3. The molecule has 0 aliphatic carbocycles. The van der Waals surface area contributed by atoms with Gasteiger partial charge < -0.3 is 9.72 Å². The maximum absolute atomic E-state index is 14.5. The molecule has 0 radical (unpaired) electrons. The summed E-state index contributed by atoms with van der Waals surface area (Å²) in [6.07, 6.45) is 1.83. The Morgan fingerprint density at radius 2 is 1.92 bits per heavy atom. The van der Waals surface area contributed by atoms with Crippen molar-refractivity contribution >= 4 is 28.2 Å². The van der Waals surface area contributed by atoms with Crippen LogP contribution in [0.5, 0.6) is 0 Å². The molecule has 1 N–H and O–H groups in total. The van der Waals surface area contributed by atoms with Crippen LogP contribution in [-0.4, -0.2) is 15.4 Å². The minimum atomic E-state index is -0.241. The van der Waals surface area contributed by atoms with Gasteiger partial charge in [-0.15, -0.1) is 0 Å². The molecular weight excluding hydrogens is 349 g/mol. The quantitative estimate of drug-likeness (QED) is 0.520. The largest absolute Gasteiger partial charge is 0.310 e. The first kappa shape index (κ1) is 17.0. The molecule has 0 atom stereocenters. The molecule has 2 aromatic carbocycles. The van der Waals surface area contributed by atoms with Crippen molar-refractivity contribution in [3.8, 4) is 11.3 Å². The van der Waals surface area contributed by atoms with Crippen LogP contribution in [0, 0.1) is 5.82 Å². The molecule has 132 valence electrons. The summed E-state index contributed by atoms with van der Waals surface area (Å²) in [6, 6.07) is 14.8. The van der Waals surface area contributed by atoms with Crippen molar-refractivity contribution < 1.29 is 4.39 Å². The van der Waals surface area contributed by atoms with Gasteiger partial charge in [0.2, 0.25) is 0 Å². The predicted octanol–water partition coefficient (Wildman–Crippen LogP) is 5.45. The van der Waals surface area contributed by atoms with Gasteiger partial charge in [0.15, 0.2) is 0 Å². The highest BCUT2D eigenvalue weighted by Gasteiger charge is 2.16. The first-order valence-corrected chi connectivity index (χ1v) is 8.99. The number of hydrogen-bond donors (Lipinski definition) is 1. The fraction of sp³-hybridized carbons (Fsp3) is 0.190. The Kier molecular flexibility index (Phi) is 4.39. The Balaban J connectivity index is 2.04. The minimum Gasteiger partial charge on any atom is -0.310 e. The second kappa shape index (κ2) is 6.71. The van der Waals surface area contributed by atoms with Crippen molar-refractivity contribution in [3.05, 3.63) is 71.1 Å². The van der Waals surface area contributed by atoms with Gasteiger partial charge in [0.25, 0.3) is 0 Å². The van der Waals surface area contributed by atoms with E-state index in [2.05, 4.69) is 28.5 Å². The van der Waals surface area contributed by atoms with E-state index in [0.29, 0.717) is 23.2 Å². The summed E-state index contributed by atoms with van der Waals surface area (Å²) in [4.78, 5) is 4.56. The van der Waals surface area contributed by atoms with Crippen molar-refractivity contribution in [2.24, 2.45) is 0 Å². The fourth-order valence-electron chi connectivity index (χ4n) is 3.22. The van der Waals surface area contributed by atoms with Crippen molar-refractivity contribution in [1.82, 2.24) is 14.7 Å².